The van der Waals surface area contributed by atoms with Crippen molar-refractivity contribution in [2.45, 2.75) is 31.7 Å². The predicted molar refractivity (Wildman–Crippen MR) is 89.4 cm³/mol. The molecule has 0 amide bonds. The van der Waals surface area contributed by atoms with E-state index in [0.717, 1.165) is 23.5 Å². The summed E-state index contributed by atoms with van der Waals surface area (Å²) in [5, 5.41) is -0.207. The third-order valence-corrected chi connectivity index (χ3v) is 4.74. The first-order chi connectivity index (χ1) is 9.45. The molecular formula is C14H17BrClFN2S. The molecule has 0 aliphatic heterocycles. The largest absolute Gasteiger partial charge is 0.324 e. The van der Waals surface area contributed by atoms with Crippen LogP contribution in [0.25, 0.3) is 11.0 Å². The minimum atomic E-state index is -0.298. The molecule has 2 nitrogen and oxygen atoms in total. The topological polar surface area (TPSA) is 17.8 Å². The lowest BCUT2D eigenvalue weighted by Gasteiger charge is -2.18. The molecule has 20 heavy (non-hydrogen) atoms. The summed E-state index contributed by atoms with van der Waals surface area (Å²) in [4.78, 5) is 4.51. The highest BCUT2D eigenvalue weighted by Crippen LogP contribution is 2.32. The van der Waals surface area contributed by atoms with Gasteiger partial charge in [-0.15, -0.1) is 11.6 Å². The van der Waals surface area contributed by atoms with Crippen molar-refractivity contribution in [2.75, 3.05) is 12.0 Å². The van der Waals surface area contributed by atoms with Crippen molar-refractivity contribution < 1.29 is 4.39 Å². The first kappa shape index (κ1) is 16.1. The zero-order chi connectivity index (χ0) is 14.9. The number of hydrogen-bond acceptors (Lipinski definition) is 2. The van der Waals surface area contributed by atoms with Crippen LogP contribution >= 0.6 is 39.3 Å². The molecule has 2 atom stereocenters. The summed E-state index contributed by atoms with van der Waals surface area (Å²) in [6.07, 6.45) is 3.12. The van der Waals surface area contributed by atoms with Gasteiger partial charge in [-0.25, -0.2) is 9.37 Å². The van der Waals surface area contributed by atoms with Gasteiger partial charge >= 0.3 is 0 Å². The summed E-state index contributed by atoms with van der Waals surface area (Å²) in [5.41, 5.74) is 1.58. The van der Waals surface area contributed by atoms with Crippen molar-refractivity contribution >= 4 is 50.3 Å². The van der Waals surface area contributed by atoms with Gasteiger partial charge in [0.15, 0.2) is 0 Å². The van der Waals surface area contributed by atoms with Crippen LogP contribution in [0.4, 0.5) is 4.39 Å². The molecule has 1 heterocycles. The van der Waals surface area contributed by atoms with E-state index in [1.54, 1.807) is 6.07 Å². The van der Waals surface area contributed by atoms with Gasteiger partial charge in [0.05, 0.1) is 20.9 Å². The van der Waals surface area contributed by atoms with Crippen molar-refractivity contribution in [1.82, 2.24) is 9.55 Å². The lowest BCUT2D eigenvalue weighted by atomic mass is 10.2. The van der Waals surface area contributed by atoms with Gasteiger partial charge in [-0.3, -0.25) is 0 Å². The highest BCUT2D eigenvalue weighted by molar-refractivity contribution is 9.10. The zero-order valence-electron chi connectivity index (χ0n) is 11.7. The summed E-state index contributed by atoms with van der Waals surface area (Å²) in [5.74, 6) is 1.57. The average molecular weight is 380 g/mol. The Labute approximate surface area is 136 Å². The molecule has 6 heteroatoms. The Morgan fingerprint density at radius 2 is 2.15 bits per heavy atom. The molecule has 0 saturated carbocycles. The minimum Gasteiger partial charge on any atom is -0.324 e. The number of rotatable bonds is 5. The van der Waals surface area contributed by atoms with Crippen LogP contribution in [0.1, 0.15) is 37.5 Å². The molecule has 2 unspecified atom stereocenters. The number of hydrogen-bond donors (Lipinski definition) is 0. The normalized spacial score (nSPS) is 14.7. The molecule has 1 aromatic heterocycles. The number of imidazole rings is 1. The quantitative estimate of drug-likeness (QED) is 0.634. The van der Waals surface area contributed by atoms with E-state index in [2.05, 4.69) is 38.7 Å². The van der Waals surface area contributed by atoms with Crippen LogP contribution in [0.3, 0.4) is 0 Å². The van der Waals surface area contributed by atoms with Gasteiger partial charge in [-0.2, -0.15) is 11.8 Å². The van der Waals surface area contributed by atoms with Gasteiger partial charge in [-0.05, 0) is 54.3 Å². The highest BCUT2D eigenvalue weighted by Gasteiger charge is 2.20. The van der Waals surface area contributed by atoms with Gasteiger partial charge in [0, 0.05) is 12.1 Å². The van der Waals surface area contributed by atoms with E-state index in [-0.39, 0.29) is 17.2 Å². The first-order valence-corrected chi connectivity index (χ1v) is 9.08. The maximum Gasteiger partial charge on any atom is 0.139 e. The van der Waals surface area contributed by atoms with Crippen molar-refractivity contribution in [3.8, 4) is 0 Å². The smallest absolute Gasteiger partial charge is 0.139 e. The molecule has 0 aliphatic rings. The molecule has 110 valence electrons. The second-order valence-corrected chi connectivity index (χ2v) is 7.34. The van der Waals surface area contributed by atoms with Crippen molar-refractivity contribution in [1.29, 1.82) is 0 Å². The third kappa shape index (κ3) is 3.15. The van der Waals surface area contributed by atoms with Crippen LogP contribution in [-0.4, -0.2) is 21.6 Å². The van der Waals surface area contributed by atoms with Crippen molar-refractivity contribution in [3.63, 3.8) is 0 Å². The number of thioether (sulfide) groups is 1. The van der Waals surface area contributed by atoms with E-state index in [4.69, 9.17) is 11.6 Å². The summed E-state index contributed by atoms with van der Waals surface area (Å²) in [6.45, 7) is 4.04. The van der Waals surface area contributed by atoms with Crippen molar-refractivity contribution in [3.05, 3.63) is 28.2 Å². The Morgan fingerprint density at radius 3 is 2.75 bits per heavy atom. The van der Waals surface area contributed by atoms with E-state index in [9.17, 15) is 4.39 Å². The summed E-state index contributed by atoms with van der Waals surface area (Å²) < 4.78 is 16.2. The summed E-state index contributed by atoms with van der Waals surface area (Å²) in [7, 11) is 0. The van der Waals surface area contributed by atoms with Crippen molar-refractivity contribution in [2.24, 2.45) is 0 Å². The molecule has 2 rings (SSSR count). The van der Waals surface area contributed by atoms with Crippen LogP contribution < -0.4 is 0 Å². The number of fused-ring (bicyclic) bond motifs is 1. The highest BCUT2D eigenvalue weighted by atomic mass is 79.9. The molecule has 0 saturated heterocycles. The first-order valence-electron chi connectivity index (χ1n) is 6.45. The SMILES string of the molecule is CSCCC(C)n1c(C(C)Cl)nc2cc(F)c(Br)cc21. The van der Waals surface area contributed by atoms with Gasteiger partial charge in [-0.1, -0.05) is 0 Å². The van der Waals surface area contributed by atoms with E-state index in [0.29, 0.717) is 9.99 Å². The number of aromatic nitrogens is 2. The molecule has 1 aromatic carbocycles. The molecule has 0 spiro atoms. The second kappa shape index (κ2) is 6.67. The maximum absolute atomic E-state index is 13.7. The minimum absolute atomic E-state index is 0.207. The lowest BCUT2D eigenvalue weighted by Crippen LogP contribution is -2.10. The van der Waals surface area contributed by atoms with Gasteiger partial charge < -0.3 is 4.57 Å². The molecule has 0 fully saturated rings. The van der Waals surface area contributed by atoms with E-state index >= 15 is 0 Å². The van der Waals surface area contributed by atoms with Crippen LogP contribution in [0.5, 0.6) is 0 Å². The molecular weight excluding hydrogens is 363 g/mol. The Kier molecular flexibility index (Phi) is 5.37. The number of halogens is 3. The summed E-state index contributed by atoms with van der Waals surface area (Å²) >= 11 is 11.3. The predicted octanol–water partition coefficient (Wildman–Crippen LogP) is 5.55. The summed E-state index contributed by atoms with van der Waals surface area (Å²) in [6, 6.07) is 3.52. The number of alkyl halides is 1. The molecule has 0 N–H and O–H groups in total. The zero-order valence-corrected chi connectivity index (χ0v) is 14.8. The lowest BCUT2D eigenvalue weighted by molar-refractivity contribution is 0.525. The van der Waals surface area contributed by atoms with Crippen LogP contribution in [0.2, 0.25) is 0 Å². The molecule has 2 aromatic rings. The van der Waals surface area contributed by atoms with Crippen LogP contribution in [0, 0.1) is 5.82 Å². The fourth-order valence-electron chi connectivity index (χ4n) is 2.27. The second-order valence-electron chi connectivity index (χ2n) is 4.84. The fraction of sp³-hybridized carbons (Fsp3) is 0.500. The Morgan fingerprint density at radius 1 is 1.45 bits per heavy atom. The van der Waals surface area contributed by atoms with E-state index in [1.807, 2.05) is 18.7 Å². The van der Waals surface area contributed by atoms with Gasteiger partial charge in [0.25, 0.3) is 0 Å². The third-order valence-electron chi connectivity index (χ3n) is 3.30. The van der Waals surface area contributed by atoms with Crippen LogP contribution in [0.15, 0.2) is 16.6 Å². The Hall–Kier alpha value is -0.260. The number of nitrogens with zero attached hydrogens (tertiary/aromatic N) is 2. The Balaban J connectivity index is 2.58. The number of benzene rings is 1. The van der Waals surface area contributed by atoms with Crippen LogP contribution in [-0.2, 0) is 0 Å². The van der Waals surface area contributed by atoms with E-state index in [1.165, 1.54) is 6.07 Å². The maximum atomic E-state index is 13.7. The molecule has 0 aliphatic carbocycles. The monoisotopic (exact) mass is 378 g/mol. The average Bonchev–Trinajstić information content (AvgIpc) is 2.75. The molecule has 0 bridgehead atoms. The fourth-order valence-corrected chi connectivity index (χ4v) is 3.33. The molecule has 0 radical (unpaired) electrons. The van der Waals surface area contributed by atoms with E-state index < -0.39 is 0 Å². The standard InChI is InChI=1S/C14H17BrClFN2S/c1-8(4-5-20-3)19-13-6-10(15)11(17)7-12(13)18-14(19)9(2)16/h6-9H,4-5H2,1-3H3. The van der Waals surface area contributed by atoms with Gasteiger partial charge in [0.1, 0.15) is 11.6 Å². The van der Waals surface area contributed by atoms with Gasteiger partial charge in [0.2, 0.25) is 0 Å². The Bertz CT molecular complexity index is 615.